The van der Waals surface area contributed by atoms with Gasteiger partial charge in [-0.2, -0.15) is 0 Å². The molecule has 3 nitrogen and oxygen atoms in total. The minimum Gasteiger partial charge on any atom is -0.337 e. The van der Waals surface area contributed by atoms with Gasteiger partial charge < -0.3 is 4.90 Å². The van der Waals surface area contributed by atoms with E-state index in [2.05, 4.69) is 47.4 Å². The fraction of sp³-hybridized carbons (Fsp3) is 0.273. The number of aromatic nitrogens is 1. The molecule has 1 aliphatic heterocycles. The van der Waals surface area contributed by atoms with Crippen molar-refractivity contribution in [1.82, 2.24) is 9.88 Å². The molecule has 1 amide bonds. The highest BCUT2D eigenvalue weighted by Crippen LogP contribution is 2.29. The van der Waals surface area contributed by atoms with Gasteiger partial charge in [0.25, 0.3) is 5.91 Å². The van der Waals surface area contributed by atoms with Gasteiger partial charge in [-0.15, -0.1) is 11.8 Å². The molecule has 0 radical (unpaired) electrons. The Morgan fingerprint density at radius 3 is 2.58 bits per heavy atom. The number of benzene rings is 2. The highest BCUT2D eigenvalue weighted by molar-refractivity contribution is 7.98. The molecule has 2 heterocycles. The second-order valence-corrected chi connectivity index (χ2v) is 7.65. The maximum absolute atomic E-state index is 12.7. The van der Waals surface area contributed by atoms with Crippen LogP contribution in [-0.4, -0.2) is 28.9 Å². The van der Waals surface area contributed by atoms with Gasteiger partial charge in [-0.1, -0.05) is 42.5 Å². The molecular weight excluding hydrogens is 340 g/mol. The molecule has 0 unspecified atom stereocenters. The lowest BCUT2D eigenvalue weighted by molar-refractivity contribution is 0.0718. The molecule has 1 aromatic heterocycles. The van der Waals surface area contributed by atoms with E-state index in [1.807, 2.05) is 23.1 Å². The molecule has 0 N–H and O–H groups in total. The third kappa shape index (κ3) is 3.75. The number of nitrogens with zero attached hydrogens (tertiary/aromatic N) is 2. The van der Waals surface area contributed by atoms with Crippen molar-refractivity contribution in [3.05, 3.63) is 72.1 Å². The number of carbonyl (C=O) groups excluding carboxylic acids is 1. The first-order chi connectivity index (χ1) is 12.8. The first kappa shape index (κ1) is 17.1. The molecule has 132 valence electrons. The van der Waals surface area contributed by atoms with Crippen LogP contribution < -0.4 is 0 Å². The molecule has 4 heteroatoms. The van der Waals surface area contributed by atoms with Crippen molar-refractivity contribution in [1.29, 1.82) is 0 Å². The Hall–Kier alpha value is -2.33. The van der Waals surface area contributed by atoms with E-state index >= 15 is 0 Å². The minimum atomic E-state index is 0.0710. The fourth-order valence-corrected chi connectivity index (χ4v) is 4.39. The summed E-state index contributed by atoms with van der Waals surface area (Å²) in [5.74, 6) is 0.830. The van der Waals surface area contributed by atoms with Crippen molar-refractivity contribution < 1.29 is 4.79 Å². The molecule has 1 saturated heterocycles. The Labute approximate surface area is 158 Å². The number of amides is 1. The normalized spacial score (nSPS) is 14.5. The molecule has 1 fully saturated rings. The maximum atomic E-state index is 12.7. The van der Waals surface area contributed by atoms with Crippen LogP contribution in [-0.2, 0) is 5.75 Å². The van der Waals surface area contributed by atoms with Gasteiger partial charge in [-0.05, 0) is 48.2 Å². The van der Waals surface area contributed by atoms with Gasteiger partial charge in [-0.25, -0.2) is 4.98 Å². The predicted octanol–water partition coefficient (Wildman–Crippen LogP) is 5.15. The zero-order chi connectivity index (χ0) is 17.8. The van der Waals surface area contributed by atoms with Gasteiger partial charge in [0.05, 0.1) is 5.69 Å². The summed E-state index contributed by atoms with van der Waals surface area (Å²) in [6.07, 6.45) is 3.42. The number of piperidine rings is 1. The SMILES string of the molecule is O=C(c1cccc(CSc2cccc3ccccc23)n1)N1CCCCC1. The fourth-order valence-electron chi connectivity index (χ4n) is 3.41. The van der Waals surface area contributed by atoms with Gasteiger partial charge >= 0.3 is 0 Å². The molecule has 0 bridgehead atoms. The molecule has 0 atom stereocenters. The summed E-state index contributed by atoms with van der Waals surface area (Å²) >= 11 is 1.77. The summed E-state index contributed by atoms with van der Waals surface area (Å²) in [6.45, 7) is 1.71. The molecule has 2 aromatic carbocycles. The van der Waals surface area contributed by atoms with E-state index in [1.165, 1.54) is 22.1 Å². The summed E-state index contributed by atoms with van der Waals surface area (Å²) in [5.41, 5.74) is 1.52. The summed E-state index contributed by atoms with van der Waals surface area (Å²) in [7, 11) is 0. The molecule has 0 saturated carbocycles. The standard InChI is InChI=1S/C22H22N2OS/c25-22(24-14-4-1-5-15-24)20-12-7-10-18(23-20)16-26-21-13-6-9-17-8-2-3-11-19(17)21/h2-3,6-13H,1,4-5,14-16H2. The zero-order valence-electron chi connectivity index (χ0n) is 14.7. The number of rotatable bonds is 4. The first-order valence-electron chi connectivity index (χ1n) is 9.17. The summed E-state index contributed by atoms with van der Waals surface area (Å²) in [5, 5.41) is 2.51. The average Bonchev–Trinajstić information content (AvgIpc) is 2.72. The number of likely N-dealkylation sites (tertiary alicyclic amines) is 1. The number of hydrogen-bond donors (Lipinski definition) is 0. The van der Waals surface area contributed by atoms with Crippen LogP contribution in [0.3, 0.4) is 0 Å². The third-order valence-corrected chi connectivity index (χ3v) is 5.90. The molecule has 0 spiro atoms. The molecule has 1 aliphatic rings. The minimum absolute atomic E-state index is 0.0710. The highest BCUT2D eigenvalue weighted by atomic mass is 32.2. The van der Waals surface area contributed by atoms with Crippen molar-refractivity contribution in [3.8, 4) is 0 Å². The van der Waals surface area contributed by atoms with E-state index in [1.54, 1.807) is 11.8 Å². The van der Waals surface area contributed by atoms with E-state index in [9.17, 15) is 4.79 Å². The van der Waals surface area contributed by atoms with Gasteiger partial charge in [0.15, 0.2) is 0 Å². The summed E-state index contributed by atoms with van der Waals surface area (Å²) in [6, 6.07) is 20.6. The lowest BCUT2D eigenvalue weighted by Gasteiger charge is -2.26. The molecule has 26 heavy (non-hydrogen) atoms. The average molecular weight is 362 g/mol. The van der Waals surface area contributed by atoms with Gasteiger partial charge in [0.1, 0.15) is 5.69 Å². The molecule has 0 aliphatic carbocycles. The maximum Gasteiger partial charge on any atom is 0.272 e. The topological polar surface area (TPSA) is 33.2 Å². The van der Waals surface area contributed by atoms with Crippen molar-refractivity contribution >= 4 is 28.4 Å². The Kier molecular flexibility index (Phi) is 5.21. The van der Waals surface area contributed by atoms with E-state index in [0.717, 1.165) is 37.4 Å². The highest BCUT2D eigenvalue weighted by Gasteiger charge is 2.19. The van der Waals surface area contributed by atoms with Crippen LogP contribution in [0.2, 0.25) is 0 Å². The smallest absolute Gasteiger partial charge is 0.272 e. The van der Waals surface area contributed by atoms with Crippen LogP contribution in [0, 0.1) is 0 Å². The third-order valence-electron chi connectivity index (χ3n) is 4.79. The van der Waals surface area contributed by atoms with Crippen molar-refractivity contribution in [3.63, 3.8) is 0 Å². The van der Waals surface area contributed by atoms with E-state index in [4.69, 9.17) is 0 Å². The van der Waals surface area contributed by atoms with Gasteiger partial charge in [-0.3, -0.25) is 4.79 Å². The van der Waals surface area contributed by atoms with Crippen LogP contribution in [0.15, 0.2) is 65.6 Å². The second kappa shape index (κ2) is 7.92. The van der Waals surface area contributed by atoms with Crippen molar-refractivity contribution in [2.24, 2.45) is 0 Å². The lowest BCUT2D eigenvalue weighted by atomic mass is 10.1. The Morgan fingerprint density at radius 1 is 0.923 bits per heavy atom. The predicted molar refractivity (Wildman–Crippen MR) is 108 cm³/mol. The molecular formula is C22H22N2OS. The number of fused-ring (bicyclic) bond motifs is 1. The van der Waals surface area contributed by atoms with Gasteiger partial charge in [0.2, 0.25) is 0 Å². The van der Waals surface area contributed by atoms with Crippen LogP contribution in [0.5, 0.6) is 0 Å². The summed E-state index contributed by atoms with van der Waals surface area (Å²) in [4.78, 5) is 20.5. The zero-order valence-corrected chi connectivity index (χ0v) is 15.5. The molecule has 3 aromatic rings. The lowest BCUT2D eigenvalue weighted by Crippen LogP contribution is -2.36. The number of hydrogen-bond acceptors (Lipinski definition) is 3. The summed E-state index contributed by atoms with van der Waals surface area (Å²) < 4.78 is 0. The Balaban J connectivity index is 1.49. The van der Waals surface area contributed by atoms with Crippen LogP contribution in [0.25, 0.3) is 10.8 Å². The number of pyridine rings is 1. The Morgan fingerprint density at radius 2 is 1.69 bits per heavy atom. The molecule has 4 rings (SSSR count). The number of carbonyl (C=O) groups is 1. The van der Waals surface area contributed by atoms with Gasteiger partial charge in [0, 0.05) is 23.7 Å². The largest absolute Gasteiger partial charge is 0.337 e. The van der Waals surface area contributed by atoms with Crippen LogP contribution in [0.1, 0.15) is 35.4 Å². The second-order valence-electron chi connectivity index (χ2n) is 6.63. The van der Waals surface area contributed by atoms with Crippen molar-refractivity contribution in [2.75, 3.05) is 13.1 Å². The first-order valence-corrected chi connectivity index (χ1v) is 10.2. The van der Waals surface area contributed by atoms with Crippen molar-refractivity contribution in [2.45, 2.75) is 29.9 Å². The van der Waals surface area contributed by atoms with E-state index in [-0.39, 0.29) is 5.91 Å². The van der Waals surface area contributed by atoms with E-state index < -0.39 is 0 Å². The number of thioether (sulfide) groups is 1. The quantitative estimate of drug-likeness (QED) is 0.602. The monoisotopic (exact) mass is 362 g/mol. The van der Waals surface area contributed by atoms with E-state index in [0.29, 0.717) is 5.69 Å². The van der Waals surface area contributed by atoms with Crippen LogP contribution in [0.4, 0.5) is 0 Å². The Bertz CT molecular complexity index is 913. The van der Waals surface area contributed by atoms with Crippen LogP contribution >= 0.6 is 11.8 Å².